The Morgan fingerprint density at radius 3 is 2.48 bits per heavy atom. The lowest BCUT2D eigenvalue weighted by atomic mass is 9.73. The third-order valence-electron chi connectivity index (χ3n) is 9.00. The Labute approximate surface area is 270 Å². The van der Waals surface area contributed by atoms with Gasteiger partial charge in [-0.1, -0.05) is 12.1 Å². The van der Waals surface area contributed by atoms with E-state index in [4.69, 9.17) is 9.73 Å². The van der Waals surface area contributed by atoms with E-state index in [-0.39, 0.29) is 22.1 Å². The van der Waals surface area contributed by atoms with Gasteiger partial charge in [0.15, 0.2) is 0 Å². The number of thiophene rings is 1. The molecule has 1 spiro atoms. The lowest BCUT2D eigenvalue weighted by Gasteiger charge is -2.53. The number of anilines is 3. The maximum Gasteiger partial charge on any atom is 0.345 e. The molecule has 234 valence electrons. The van der Waals surface area contributed by atoms with Crippen LogP contribution in [0.25, 0.3) is 0 Å². The van der Waals surface area contributed by atoms with Crippen molar-refractivity contribution in [2.45, 2.75) is 32.7 Å². The number of carboxylic acid groups (broad SMARTS) is 1. The van der Waals surface area contributed by atoms with Crippen molar-refractivity contribution in [3.05, 3.63) is 99.4 Å². The molecule has 2 saturated heterocycles. The number of carboxylic acids is 1. The molecule has 0 radical (unpaired) electrons. The normalized spacial score (nSPS) is 18.4. The number of pyridine rings is 1. The van der Waals surface area contributed by atoms with Crippen LogP contribution in [0, 0.1) is 12.3 Å². The molecule has 4 aromatic rings. The molecule has 0 bridgehead atoms. The fourth-order valence-electron chi connectivity index (χ4n) is 6.50. The number of aryl methyl sites for hydroxylation is 1. The highest BCUT2D eigenvalue weighted by Gasteiger charge is 2.45. The zero-order valence-corrected chi connectivity index (χ0v) is 26.3. The molecular weight excluding hydrogens is 602 g/mol. The molecule has 1 atom stereocenters. The van der Waals surface area contributed by atoms with Crippen LogP contribution in [0.3, 0.4) is 0 Å². The molecule has 2 N–H and O–H groups in total. The number of hydrogen-bond donors (Lipinski definition) is 2. The van der Waals surface area contributed by atoms with Gasteiger partial charge in [-0.2, -0.15) is 0 Å². The summed E-state index contributed by atoms with van der Waals surface area (Å²) in [5.41, 5.74) is 4.59. The number of aromatic carboxylic acids is 1. The minimum atomic E-state index is -1.00. The Kier molecular flexibility index (Phi) is 7.66. The molecule has 5 heterocycles. The first kappa shape index (κ1) is 29.8. The number of aliphatic imine (C=N–C) groups is 1. The van der Waals surface area contributed by atoms with Gasteiger partial charge in [0.1, 0.15) is 10.7 Å². The quantitative estimate of drug-likeness (QED) is 0.259. The van der Waals surface area contributed by atoms with Gasteiger partial charge in [-0.3, -0.25) is 14.5 Å². The van der Waals surface area contributed by atoms with Gasteiger partial charge in [-0.05, 0) is 86.8 Å². The van der Waals surface area contributed by atoms with Crippen LogP contribution in [0.15, 0.2) is 77.9 Å². The lowest BCUT2D eigenvalue weighted by Crippen LogP contribution is -2.59. The third-order valence-corrected chi connectivity index (χ3v) is 10.1. The lowest BCUT2D eigenvalue weighted by molar-refractivity contribution is -0.000512. The number of nitrogens with one attached hydrogen (secondary N) is 1. The first-order chi connectivity index (χ1) is 22.2. The number of nitrogens with zero attached hydrogens (tertiary/aromatic N) is 4. The number of benzene rings is 2. The highest BCUT2D eigenvalue weighted by Crippen LogP contribution is 2.43. The fraction of sp³-hybridized carbons (Fsp3) is 0.286. The van der Waals surface area contributed by atoms with Crippen LogP contribution in [-0.4, -0.2) is 65.9 Å². The predicted molar refractivity (Wildman–Crippen MR) is 178 cm³/mol. The number of aromatic nitrogens is 1. The van der Waals surface area contributed by atoms with Gasteiger partial charge in [0.2, 0.25) is 0 Å². The Morgan fingerprint density at radius 1 is 1.02 bits per heavy atom. The minimum absolute atomic E-state index is 0.209. The third kappa shape index (κ3) is 5.45. The second-order valence-corrected chi connectivity index (χ2v) is 13.3. The number of carbonyl (C=O) groups excluding carboxylic acids is 2. The van der Waals surface area contributed by atoms with Crippen molar-refractivity contribution in [1.29, 1.82) is 0 Å². The van der Waals surface area contributed by atoms with Gasteiger partial charge in [-0.25, -0.2) is 14.8 Å². The Morgan fingerprint density at radius 2 is 1.76 bits per heavy atom. The van der Waals surface area contributed by atoms with Crippen LogP contribution >= 0.6 is 11.3 Å². The summed E-state index contributed by atoms with van der Waals surface area (Å²) < 4.78 is 5.55. The molecule has 3 aliphatic rings. The minimum Gasteiger partial charge on any atom is -0.477 e. The number of carbonyl (C=O) groups is 3. The van der Waals surface area contributed by atoms with Crippen molar-refractivity contribution in [3.63, 3.8) is 0 Å². The van der Waals surface area contributed by atoms with E-state index >= 15 is 0 Å². The van der Waals surface area contributed by atoms with Gasteiger partial charge in [0.25, 0.3) is 11.8 Å². The van der Waals surface area contributed by atoms with Crippen LogP contribution in [0.5, 0.6) is 0 Å². The molecular formula is C35H33N5O5S. The fourth-order valence-corrected chi connectivity index (χ4v) is 7.42. The Hall–Kier alpha value is -4.87. The van der Waals surface area contributed by atoms with Crippen molar-refractivity contribution in [2.75, 3.05) is 41.4 Å². The largest absolute Gasteiger partial charge is 0.477 e. The average Bonchev–Trinajstić information content (AvgIpc) is 3.55. The van der Waals surface area contributed by atoms with Crippen molar-refractivity contribution in [2.24, 2.45) is 10.4 Å². The first-order valence-corrected chi connectivity index (χ1v) is 16.1. The smallest absolute Gasteiger partial charge is 0.345 e. The summed E-state index contributed by atoms with van der Waals surface area (Å²) in [5, 5.41) is 12.4. The Bertz CT molecular complexity index is 1870. The highest BCUT2D eigenvalue weighted by atomic mass is 32.1. The molecule has 0 saturated carbocycles. The zero-order chi connectivity index (χ0) is 32.0. The second-order valence-electron chi connectivity index (χ2n) is 12.2. The molecule has 2 aromatic carbocycles. The van der Waals surface area contributed by atoms with Gasteiger partial charge in [0.05, 0.1) is 33.6 Å². The molecule has 2 fully saturated rings. The number of ether oxygens (including phenoxy) is 1. The maximum absolute atomic E-state index is 14.0. The summed E-state index contributed by atoms with van der Waals surface area (Å²) in [6, 6.07) is 19.0. The van der Waals surface area contributed by atoms with Gasteiger partial charge < -0.3 is 20.1 Å². The zero-order valence-electron chi connectivity index (χ0n) is 25.5. The molecule has 7 rings (SSSR count). The van der Waals surface area contributed by atoms with E-state index in [9.17, 15) is 19.5 Å². The topological polar surface area (TPSA) is 124 Å². The van der Waals surface area contributed by atoms with Gasteiger partial charge in [-0.15, -0.1) is 11.3 Å². The monoisotopic (exact) mass is 635 g/mol. The van der Waals surface area contributed by atoms with Crippen molar-refractivity contribution < 1.29 is 24.2 Å². The second kappa shape index (κ2) is 11.8. The van der Waals surface area contributed by atoms with E-state index in [0.717, 1.165) is 56.0 Å². The van der Waals surface area contributed by atoms with E-state index in [2.05, 4.69) is 15.2 Å². The van der Waals surface area contributed by atoms with Crippen LogP contribution in [-0.2, 0) is 4.74 Å². The van der Waals surface area contributed by atoms with E-state index in [1.165, 1.54) is 0 Å². The molecule has 11 heteroatoms. The van der Waals surface area contributed by atoms with Crippen LogP contribution in [0.4, 0.5) is 22.9 Å². The number of rotatable bonds is 6. The highest BCUT2D eigenvalue weighted by molar-refractivity contribution is 7.16. The van der Waals surface area contributed by atoms with Crippen LogP contribution in [0.1, 0.15) is 60.6 Å². The van der Waals surface area contributed by atoms with Crippen molar-refractivity contribution >= 4 is 57.7 Å². The average molecular weight is 636 g/mol. The summed E-state index contributed by atoms with van der Waals surface area (Å²) in [5.74, 6) is -0.803. The SMILES string of the molecule is Cc1cnc(N2CC3(CCOCC3)C2)c(C(=O)Nc2ccc(C(=O)N3c4ccccc4N=C(c4ccc(C(=O)O)s4)[C@@H]3C)cc2)c1. The molecule has 2 aromatic heterocycles. The summed E-state index contributed by atoms with van der Waals surface area (Å²) in [6.45, 7) is 7.09. The molecule has 3 aliphatic heterocycles. The summed E-state index contributed by atoms with van der Waals surface area (Å²) in [6.07, 6.45) is 3.84. The number of fused-ring (bicyclic) bond motifs is 1. The van der Waals surface area contributed by atoms with Crippen LogP contribution < -0.4 is 15.1 Å². The number of para-hydroxylation sites is 2. The number of hydrogen-bond acceptors (Lipinski definition) is 8. The maximum atomic E-state index is 14.0. The van der Waals surface area contributed by atoms with Crippen molar-refractivity contribution in [3.8, 4) is 0 Å². The Balaban J connectivity index is 1.09. The first-order valence-electron chi connectivity index (χ1n) is 15.3. The van der Waals surface area contributed by atoms with Crippen LogP contribution in [0.2, 0.25) is 0 Å². The summed E-state index contributed by atoms with van der Waals surface area (Å²) in [4.78, 5) is 53.3. The van der Waals surface area contributed by atoms with Gasteiger partial charge >= 0.3 is 5.97 Å². The summed E-state index contributed by atoms with van der Waals surface area (Å²) in [7, 11) is 0. The standard InChI is InChI=1S/C35H33N5O5S/c1-21-17-25(31(36-18-21)39-19-35(20-39)13-15-45-16-14-35)32(41)37-24-9-7-23(8-10-24)33(42)40-22(2)30(28-11-12-29(46-28)34(43)44)38-26-5-3-4-6-27(26)40/h3-12,17-18,22H,13-16,19-20H2,1-2H3,(H,37,41)(H,43,44)/t22-/m0/s1. The predicted octanol–water partition coefficient (Wildman–Crippen LogP) is 6.19. The van der Waals surface area contributed by atoms with Crippen molar-refractivity contribution in [1.82, 2.24) is 4.98 Å². The van der Waals surface area contributed by atoms with E-state index in [0.29, 0.717) is 44.6 Å². The molecule has 0 aliphatic carbocycles. The van der Waals surface area contributed by atoms with E-state index in [1.54, 1.807) is 47.5 Å². The van der Waals surface area contributed by atoms with E-state index in [1.807, 2.05) is 44.2 Å². The van der Waals surface area contributed by atoms with E-state index < -0.39 is 12.0 Å². The molecule has 0 unspecified atom stereocenters. The molecule has 2 amide bonds. The van der Waals surface area contributed by atoms with Gasteiger partial charge in [0, 0.05) is 49.2 Å². The molecule has 46 heavy (non-hydrogen) atoms. The number of amides is 2. The molecule has 10 nitrogen and oxygen atoms in total. The summed E-state index contributed by atoms with van der Waals surface area (Å²) >= 11 is 1.13.